The lowest BCUT2D eigenvalue weighted by Gasteiger charge is -2.08. The number of esters is 1. The number of carbonyl (C=O) groups is 3. The Balaban J connectivity index is 1.69. The Morgan fingerprint density at radius 3 is 2.45 bits per heavy atom. The third-order valence-corrected chi connectivity index (χ3v) is 3.33. The number of hydrogen-bond donors (Lipinski definition) is 2. The fraction of sp³-hybridized carbons (Fsp3) is 0.167. The molecule has 2 aromatic carbocycles. The van der Waals surface area contributed by atoms with Crippen LogP contribution < -0.4 is 15.4 Å². The van der Waals surface area contributed by atoms with Gasteiger partial charge >= 0.3 is 11.7 Å². The van der Waals surface area contributed by atoms with Crippen molar-refractivity contribution in [3.05, 3.63) is 64.5 Å². The second-order valence-corrected chi connectivity index (χ2v) is 5.51. The molecule has 29 heavy (non-hydrogen) atoms. The van der Waals surface area contributed by atoms with Crippen molar-refractivity contribution in [1.29, 1.82) is 0 Å². The molecule has 0 fully saturated rings. The number of halogens is 1. The maximum atomic E-state index is 13.2. The second kappa shape index (κ2) is 10.3. The number of hydrogen-bond acceptors (Lipinski definition) is 7. The van der Waals surface area contributed by atoms with Gasteiger partial charge in [0.05, 0.1) is 4.92 Å². The van der Waals surface area contributed by atoms with E-state index in [1.807, 2.05) is 0 Å². The average molecular weight is 405 g/mol. The topological polar surface area (TPSA) is 137 Å². The van der Waals surface area contributed by atoms with Gasteiger partial charge in [0, 0.05) is 11.8 Å². The van der Waals surface area contributed by atoms with Gasteiger partial charge in [-0.25, -0.2) is 0 Å². The van der Waals surface area contributed by atoms with Gasteiger partial charge in [-0.2, -0.15) is 4.39 Å². The quantitative estimate of drug-likeness (QED) is 0.366. The van der Waals surface area contributed by atoms with Crippen molar-refractivity contribution in [2.24, 2.45) is 0 Å². The Bertz CT molecular complexity index is 906. The molecule has 0 atom stereocenters. The van der Waals surface area contributed by atoms with Crippen molar-refractivity contribution in [2.75, 3.05) is 25.1 Å². The Hall–Kier alpha value is -4.02. The lowest BCUT2D eigenvalue weighted by Crippen LogP contribution is -2.35. The Kier molecular flexibility index (Phi) is 7.59. The molecule has 0 aromatic heterocycles. The minimum Gasteiger partial charge on any atom is -0.484 e. The first-order valence-electron chi connectivity index (χ1n) is 8.19. The monoisotopic (exact) mass is 405 g/mol. The minimum absolute atomic E-state index is 0.0366. The third kappa shape index (κ3) is 7.25. The van der Waals surface area contributed by atoms with E-state index in [0.29, 0.717) is 5.75 Å². The van der Waals surface area contributed by atoms with Crippen LogP contribution in [0.1, 0.15) is 0 Å². The van der Waals surface area contributed by atoms with Gasteiger partial charge in [0.15, 0.2) is 13.2 Å². The third-order valence-electron chi connectivity index (χ3n) is 3.33. The number of nitro benzene ring substituents is 1. The summed E-state index contributed by atoms with van der Waals surface area (Å²) in [6, 6.07) is 11.4. The van der Waals surface area contributed by atoms with Crippen molar-refractivity contribution >= 4 is 29.2 Å². The van der Waals surface area contributed by atoms with Gasteiger partial charge in [0.2, 0.25) is 5.82 Å². The SMILES string of the molecule is O=C(COc1ccccc1)NCC(=O)OCC(=O)Nc1ccc(F)c([N+](=O)[O-])c1. The molecule has 0 aliphatic carbocycles. The molecule has 0 bridgehead atoms. The lowest BCUT2D eigenvalue weighted by molar-refractivity contribution is -0.387. The van der Waals surface area contributed by atoms with Crippen molar-refractivity contribution < 1.29 is 33.2 Å². The standard InChI is InChI=1S/C18H16FN3O7/c19-14-7-6-12(8-15(14)22(26)27)21-17(24)11-29-18(25)9-20-16(23)10-28-13-4-2-1-3-5-13/h1-8H,9-11H2,(H,20,23)(H,21,24). The molecule has 11 heteroatoms. The highest BCUT2D eigenvalue weighted by atomic mass is 19.1. The van der Waals surface area contributed by atoms with Gasteiger partial charge in [-0.3, -0.25) is 24.5 Å². The molecule has 0 spiro atoms. The minimum atomic E-state index is -1.05. The highest BCUT2D eigenvalue weighted by Crippen LogP contribution is 2.21. The van der Waals surface area contributed by atoms with Gasteiger partial charge in [0.1, 0.15) is 12.3 Å². The average Bonchev–Trinajstić information content (AvgIpc) is 2.71. The Morgan fingerprint density at radius 1 is 1.03 bits per heavy atom. The zero-order valence-corrected chi connectivity index (χ0v) is 14.9. The zero-order chi connectivity index (χ0) is 21.2. The molecule has 0 radical (unpaired) electrons. The molecule has 0 aliphatic heterocycles. The first-order valence-corrected chi connectivity index (χ1v) is 8.19. The van der Waals surface area contributed by atoms with E-state index in [1.165, 1.54) is 0 Å². The molecule has 0 saturated heterocycles. The summed E-state index contributed by atoms with van der Waals surface area (Å²) in [7, 11) is 0. The second-order valence-electron chi connectivity index (χ2n) is 5.51. The Morgan fingerprint density at radius 2 is 1.76 bits per heavy atom. The van der Waals surface area contributed by atoms with Crippen molar-refractivity contribution in [2.45, 2.75) is 0 Å². The van der Waals surface area contributed by atoms with Crippen LogP contribution in [-0.2, 0) is 19.1 Å². The van der Waals surface area contributed by atoms with Crippen LogP contribution in [0.2, 0.25) is 0 Å². The first-order chi connectivity index (χ1) is 13.8. The van der Waals surface area contributed by atoms with E-state index in [4.69, 9.17) is 4.74 Å². The van der Waals surface area contributed by atoms with E-state index in [0.717, 1.165) is 18.2 Å². The van der Waals surface area contributed by atoms with Crippen LogP contribution in [0, 0.1) is 15.9 Å². The summed E-state index contributed by atoms with van der Waals surface area (Å²) in [4.78, 5) is 44.6. The van der Waals surface area contributed by atoms with E-state index in [2.05, 4.69) is 15.4 Å². The number of benzene rings is 2. The van der Waals surface area contributed by atoms with Gasteiger partial charge in [-0.15, -0.1) is 0 Å². The predicted octanol–water partition coefficient (Wildman–Crippen LogP) is 1.41. The van der Waals surface area contributed by atoms with E-state index < -0.39 is 47.4 Å². The molecule has 2 aromatic rings. The predicted molar refractivity (Wildman–Crippen MR) is 97.6 cm³/mol. The number of amides is 2. The normalized spacial score (nSPS) is 9.97. The molecule has 2 N–H and O–H groups in total. The molecule has 10 nitrogen and oxygen atoms in total. The molecular formula is C18H16FN3O7. The van der Waals surface area contributed by atoms with Gasteiger partial charge in [-0.05, 0) is 24.3 Å². The number of para-hydroxylation sites is 1. The fourth-order valence-electron chi connectivity index (χ4n) is 2.01. The summed E-state index contributed by atoms with van der Waals surface area (Å²) in [5, 5.41) is 15.2. The molecule has 0 heterocycles. The highest BCUT2D eigenvalue weighted by Gasteiger charge is 2.16. The maximum absolute atomic E-state index is 13.2. The summed E-state index contributed by atoms with van der Waals surface area (Å²) in [5.74, 6) is -2.79. The van der Waals surface area contributed by atoms with Crippen LogP contribution in [0.25, 0.3) is 0 Å². The van der Waals surface area contributed by atoms with Crippen LogP contribution in [-0.4, -0.2) is 42.5 Å². The van der Waals surface area contributed by atoms with Crippen LogP contribution in [0.15, 0.2) is 48.5 Å². The van der Waals surface area contributed by atoms with E-state index in [9.17, 15) is 28.9 Å². The van der Waals surface area contributed by atoms with Gasteiger partial charge < -0.3 is 20.1 Å². The van der Waals surface area contributed by atoms with Crippen molar-refractivity contribution in [3.8, 4) is 5.75 Å². The molecule has 2 rings (SSSR count). The highest BCUT2D eigenvalue weighted by molar-refractivity contribution is 5.93. The van der Waals surface area contributed by atoms with E-state index >= 15 is 0 Å². The number of anilines is 1. The summed E-state index contributed by atoms with van der Waals surface area (Å²) in [5.41, 5.74) is -0.842. The molecule has 0 unspecified atom stereocenters. The number of carbonyl (C=O) groups excluding carboxylic acids is 3. The summed E-state index contributed by atoms with van der Waals surface area (Å²) < 4.78 is 23.1. The summed E-state index contributed by atoms with van der Waals surface area (Å²) >= 11 is 0. The van der Waals surface area contributed by atoms with Crippen molar-refractivity contribution in [1.82, 2.24) is 5.32 Å². The Labute approximate surface area is 163 Å². The van der Waals surface area contributed by atoms with E-state index in [1.54, 1.807) is 30.3 Å². The molecular weight excluding hydrogens is 389 g/mol. The molecule has 0 saturated carbocycles. The van der Waals surface area contributed by atoms with Crippen LogP contribution >= 0.6 is 0 Å². The number of nitrogens with zero attached hydrogens (tertiary/aromatic N) is 1. The smallest absolute Gasteiger partial charge is 0.325 e. The number of nitro groups is 1. The maximum Gasteiger partial charge on any atom is 0.325 e. The molecule has 2 amide bonds. The fourth-order valence-corrected chi connectivity index (χ4v) is 2.01. The largest absolute Gasteiger partial charge is 0.484 e. The zero-order valence-electron chi connectivity index (χ0n) is 14.9. The number of ether oxygens (including phenoxy) is 2. The van der Waals surface area contributed by atoms with Gasteiger partial charge in [-0.1, -0.05) is 18.2 Å². The van der Waals surface area contributed by atoms with Crippen LogP contribution in [0.3, 0.4) is 0 Å². The summed E-state index contributed by atoms with van der Waals surface area (Å²) in [6.07, 6.45) is 0. The first kappa shape index (κ1) is 21.3. The van der Waals surface area contributed by atoms with Gasteiger partial charge in [0.25, 0.3) is 11.8 Å². The summed E-state index contributed by atoms with van der Waals surface area (Å²) in [6.45, 7) is -1.48. The van der Waals surface area contributed by atoms with Crippen LogP contribution in [0.4, 0.5) is 15.8 Å². The lowest BCUT2D eigenvalue weighted by atomic mass is 10.2. The molecule has 152 valence electrons. The number of rotatable bonds is 9. The molecule has 0 aliphatic rings. The van der Waals surface area contributed by atoms with E-state index in [-0.39, 0.29) is 12.3 Å². The van der Waals surface area contributed by atoms with Crippen LogP contribution in [0.5, 0.6) is 5.75 Å². The number of nitrogens with one attached hydrogen (secondary N) is 2. The van der Waals surface area contributed by atoms with Crippen molar-refractivity contribution in [3.63, 3.8) is 0 Å².